The number of hydrogen-bond acceptors (Lipinski definition) is 4. The highest BCUT2D eigenvalue weighted by Gasteiger charge is 2.32. The summed E-state index contributed by atoms with van der Waals surface area (Å²) in [5.41, 5.74) is 4.42. The van der Waals surface area contributed by atoms with Crippen LogP contribution in [0.15, 0.2) is 23.0 Å². The molecule has 112 valence electrons. The number of pyridine rings is 1. The second-order valence-corrected chi connectivity index (χ2v) is 4.91. The highest BCUT2D eigenvalue weighted by Crippen LogP contribution is 2.26. The van der Waals surface area contributed by atoms with Crippen LogP contribution in [0.1, 0.15) is 20.7 Å². The number of rotatable bonds is 1. The molecule has 2 aromatic rings. The summed E-state index contributed by atoms with van der Waals surface area (Å²) in [6.45, 7) is 0. The van der Waals surface area contributed by atoms with Crippen LogP contribution >= 0.6 is 11.6 Å². The maximum absolute atomic E-state index is 13.5. The first-order chi connectivity index (χ1) is 10.3. The smallest absolute Gasteiger partial charge is 0.262 e. The molecule has 1 aliphatic heterocycles. The largest absolute Gasteiger partial charge is 0.384 e. The molecule has 1 aromatic heterocycles. The first-order valence-corrected chi connectivity index (χ1v) is 6.25. The van der Waals surface area contributed by atoms with Crippen molar-refractivity contribution in [3.63, 3.8) is 0 Å². The summed E-state index contributed by atoms with van der Waals surface area (Å²) >= 11 is 5.54. The van der Waals surface area contributed by atoms with Crippen molar-refractivity contribution in [2.24, 2.45) is 0 Å². The molecular weight excluding hydrogens is 320 g/mol. The monoisotopic (exact) mass is 325 g/mol. The number of halogens is 3. The van der Waals surface area contributed by atoms with Gasteiger partial charge in [0.15, 0.2) is 11.6 Å². The summed E-state index contributed by atoms with van der Waals surface area (Å²) in [4.78, 5) is 35.3. The molecule has 0 aliphatic carbocycles. The van der Waals surface area contributed by atoms with Crippen molar-refractivity contribution >= 4 is 29.2 Å². The van der Waals surface area contributed by atoms with Gasteiger partial charge in [0, 0.05) is 12.1 Å². The first-order valence-electron chi connectivity index (χ1n) is 5.87. The summed E-state index contributed by atoms with van der Waals surface area (Å²) < 4.78 is 27.4. The molecule has 9 heteroatoms. The Morgan fingerprint density at radius 2 is 1.77 bits per heavy atom. The van der Waals surface area contributed by atoms with E-state index in [1.54, 1.807) is 0 Å². The Labute approximate surface area is 126 Å². The van der Waals surface area contributed by atoms with Crippen molar-refractivity contribution in [3.8, 4) is 5.69 Å². The summed E-state index contributed by atoms with van der Waals surface area (Å²) in [5.74, 6) is -4.45. The lowest BCUT2D eigenvalue weighted by atomic mass is 10.1. The Hall–Kier alpha value is -2.74. The Morgan fingerprint density at radius 3 is 2.41 bits per heavy atom. The topological polar surface area (TPSA) is 94.2 Å². The first kappa shape index (κ1) is 14.2. The number of fused-ring (bicyclic) bond motifs is 1. The minimum absolute atomic E-state index is 0.165. The van der Waals surface area contributed by atoms with E-state index in [2.05, 4.69) is 0 Å². The summed E-state index contributed by atoms with van der Waals surface area (Å²) in [7, 11) is 0. The van der Waals surface area contributed by atoms with Crippen LogP contribution in [0.3, 0.4) is 0 Å². The Balaban J connectivity index is 2.35. The van der Waals surface area contributed by atoms with Crippen molar-refractivity contribution in [2.45, 2.75) is 0 Å². The number of hydrogen-bond donors (Lipinski definition) is 2. The van der Waals surface area contributed by atoms with Gasteiger partial charge in [-0.25, -0.2) is 8.78 Å². The zero-order valence-electron chi connectivity index (χ0n) is 10.6. The third-order valence-electron chi connectivity index (χ3n) is 3.18. The lowest BCUT2D eigenvalue weighted by molar-refractivity contribution is 0.0880. The molecule has 0 saturated heterocycles. The zero-order chi connectivity index (χ0) is 16.2. The highest BCUT2D eigenvalue weighted by molar-refractivity contribution is 6.31. The fourth-order valence-electron chi connectivity index (χ4n) is 2.22. The van der Waals surface area contributed by atoms with Crippen molar-refractivity contribution in [2.75, 3.05) is 5.73 Å². The SMILES string of the molecule is Nc1c2c(cc(=O)n1-c1cc(F)c(F)c(Cl)c1)C(=O)NC2=O. The van der Waals surface area contributed by atoms with Gasteiger partial charge in [-0.05, 0) is 6.07 Å². The molecule has 0 saturated carbocycles. The molecule has 2 amide bonds. The minimum atomic E-state index is -1.28. The normalized spacial score (nSPS) is 13.2. The van der Waals surface area contributed by atoms with Crippen LogP contribution in [0.25, 0.3) is 5.69 Å². The molecule has 0 bridgehead atoms. The maximum Gasteiger partial charge on any atom is 0.262 e. The molecule has 1 aromatic carbocycles. The van der Waals surface area contributed by atoms with Gasteiger partial charge in [-0.3, -0.25) is 24.3 Å². The molecular formula is C13H6ClF2N3O3. The van der Waals surface area contributed by atoms with E-state index < -0.39 is 34.0 Å². The van der Waals surface area contributed by atoms with Crippen LogP contribution in [0.5, 0.6) is 0 Å². The van der Waals surface area contributed by atoms with Gasteiger partial charge in [0.05, 0.1) is 21.8 Å². The number of nitrogens with two attached hydrogens (primary N) is 1. The molecule has 3 N–H and O–H groups in total. The molecule has 0 unspecified atom stereocenters. The number of nitrogen functional groups attached to an aromatic ring is 1. The summed E-state index contributed by atoms with van der Waals surface area (Å²) in [6.07, 6.45) is 0. The lowest BCUT2D eigenvalue weighted by Gasteiger charge is -2.12. The molecule has 1 aliphatic rings. The van der Waals surface area contributed by atoms with E-state index in [0.717, 1.165) is 16.7 Å². The quantitative estimate of drug-likeness (QED) is 0.609. The van der Waals surface area contributed by atoms with E-state index in [-0.39, 0.29) is 22.6 Å². The number of imide groups is 1. The van der Waals surface area contributed by atoms with Gasteiger partial charge in [-0.2, -0.15) is 0 Å². The predicted molar refractivity (Wildman–Crippen MR) is 73.2 cm³/mol. The number of aromatic nitrogens is 1. The number of carbonyl (C=O) groups excluding carboxylic acids is 2. The summed E-state index contributed by atoms with van der Waals surface area (Å²) in [6, 6.07) is 2.58. The van der Waals surface area contributed by atoms with Crippen molar-refractivity contribution in [3.05, 3.63) is 56.3 Å². The van der Waals surface area contributed by atoms with Gasteiger partial charge in [0.2, 0.25) is 0 Å². The lowest BCUT2D eigenvalue weighted by Crippen LogP contribution is -2.24. The van der Waals surface area contributed by atoms with E-state index in [1.165, 1.54) is 0 Å². The number of carbonyl (C=O) groups is 2. The van der Waals surface area contributed by atoms with Gasteiger partial charge in [-0.1, -0.05) is 11.6 Å². The zero-order valence-corrected chi connectivity index (χ0v) is 11.4. The molecule has 0 radical (unpaired) electrons. The van der Waals surface area contributed by atoms with Crippen LogP contribution in [-0.2, 0) is 0 Å². The van der Waals surface area contributed by atoms with Crippen LogP contribution < -0.4 is 16.6 Å². The molecule has 0 atom stereocenters. The van der Waals surface area contributed by atoms with Gasteiger partial charge in [-0.15, -0.1) is 0 Å². The second kappa shape index (κ2) is 4.63. The van der Waals surface area contributed by atoms with Gasteiger partial charge in [0.1, 0.15) is 5.82 Å². The third-order valence-corrected chi connectivity index (χ3v) is 3.46. The molecule has 6 nitrogen and oxygen atoms in total. The Kier molecular flexibility index (Phi) is 2.99. The fourth-order valence-corrected chi connectivity index (χ4v) is 2.42. The van der Waals surface area contributed by atoms with Gasteiger partial charge < -0.3 is 5.73 Å². The maximum atomic E-state index is 13.5. The van der Waals surface area contributed by atoms with E-state index in [1.807, 2.05) is 5.32 Å². The minimum Gasteiger partial charge on any atom is -0.384 e. The van der Waals surface area contributed by atoms with Crippen molar-refractivity contribution < 1.29 is 18.4 Å². The average molecular weight is 326 g/mol. The third kappa shape index (κ3) is 1.88. The van der Waals surface area contributed by atoms with Crippen LogP contribution in [0.2, 0.25) is 5.02 Å². The van der Waals surface area contributed by atoms with Gasteiger partial charge >= 0.3 is 0 Å². The number of nitrogens with one attached hydrogen (secondary N) is 1. The van der Waals surface area contributed by atoms with Crippen molar-refractivity contribution in [1.82, 2.24) is 9.88 Å². The van der Waals surface area contributed by atoms with E-state index in [9.17, 15) is 23.2 Å². The van der Waals surface area contributed by atoms with Crippen molar-refractivity contribution in [1.29, 1.82) is 0 Å². The molecule has 0 fully saturated rings. The predicted octanol–water partition coefficient (Wildman–Crippen LogP) is 1.23. The Morgan fingerprint density at radius 1 is 1.09 bits per heavy atom. The molecule has 22 heavy (non-hydrogen) atoms. The van der Waals surface area contributed by atoms with E-state index >= 15 is 0 Å². The van der Waals surface area contributed by atoms with E-state index in [4.69, 9.17) is 17.3 Å². The number of nitrogens with zero attached hydrogens (tertiary/aromatic N) is 1. The molecule has 2 heterocycles. The number of anilines is 1. The highest BCUT2D eigenvalue weighted by atomic mass is 35.5. The van der Waals surface area contributed by atoms with Crippen LogP contribution in [0, 0.1) is 11.6 Å². The van der Waals surface area contributed by atoms with Crippen LogP contribution in [-0.4, -0.2) is 16.4 Å². The molecule has 3 rings (SSSR count). The standard InChI is InChI=1S/C13H6ClF2N3O3/c14-6-1-4(2-7(15)10(6)16)19-8(20)3-5-9(11(19)17)13(22)18-12(5)21/h1-3H,17H2,(H,18,21,22). The van der Waals surface area contributed by atoms with Gasteiger partial charge in [0.25, 0.3) is 17.4 Å². The number of amides is 2. The number of benzene rings is 1. The Bertz CT molecular complexity index is 900. The second-order valence-electron chi connectivity index (χ2n) is 4.50. The van der Waals surface area contributed by atoms with Crippen LogP contribution in [0.4, 0.5) is 14.6 Å². The summed E-state index contributed by atoms with van der Waals surface area (Å²) in [5, 5.41) is 1.44. The average Bonchev–Trinajstić information content (AvgIpc) is 2.71. The fraction of sp³-hybridized carbons (Fsp3) is 0. The molecule has 0 spiro atoms. The van der Waals surface area contributed by atoms with E-state index in [0.29, 0.717) is 6.07 Å².